The zero-order valence-electron chi connectivity index (χ0n) is 10.4. The number of rotatable bonds is 4. The molecule has 2 aromatic rings. The molecule has 17 heavy (non-hydrogen) atoms. The van der Waals surface area contributed by atoms with Gasteiger partial charge in [-0.3, -0.25) is 14.6 Å². The first-order valence-electron chi connectivity index (χ1n) is 6.07. The predicted molar refractivity (Wildman–Crippen MR) is 70.1 cm³/mol. The summed E-state index contributed by atoms with van der Waals surface area (Å²) in [6, 6.07) is 9.91. The molecule has 0 unspecified atom stereocenters. The van der Waals surface area contributed by atoms with Gasteiger partial charge in [0.05, 0.1) is 5.69 Å². The zero-order valence-corrected chi connectivity index (χ0v) is 10.4. The summed E-state index contributed by atoms with van der Waals surface area (Å²) >= 11 is 0. The highest BCUT2D eigenvalue weighted by molar-refractivity contribution is 5.59. The standard InChI is InChI=1S/C14H18N2O/c1-3-4-9-16-13(10-14(17)15-16)12-7-5-11(2)6-8-12/h5-8,10H,3-4,9H2,1-2H3,(H,15,17). The molecule has 0 saturated carbocycles. The Morgan fingerprint density at radius 3 is 2.59 bits per heavy atom. The normalized spacial score (nSPS) is 10.7. The van der Waals surface area contributed by atoms with Gasteiger partial charge in [0.2, 0.25) is 0 Å². The monoisotopic (exact) mass is 230 g/mol. The van der Waals surface area contributed by atoms with Gasteiger partial charge in [0.25, 0.3) is 5.56 Å². The number of nitrogens with zero attached hydrogens (tertiary/aromatic N) is 1. The van der Waals surface area contributed by atoms with Crippen LogP contribution in [0.15, 0.2) is 35.1 Å². The van der Waals surface area contributed by atoms with Gasteiger partial charge in [-0.05, 0) is 18.9 Å². The molecule has 0 saturated heterocycles. The van der Waals surface area contributed by atoms with Crippen LogP contribution < -0.4 is 5.56 Å². The van der Waals surface area contributed by atoms with Crippen molar-refractivity contribution >= 4 is 0 Å². The van der Waals surface area contributed by atoms with Gasteiger partial charge >= 0.3 is 0 Å². The van der Waals surface area contributed by atoms with Crippen molar-refractivity contribution in [2.24, 2.45) is 0 Å². The maximum absolute atomic E-state index is 11.4. The summed E-state index contributed by atoms with van der Waals surface area (Å²) in [6.45, 7) is 5.07. The van der Waals surface area contributed by atoms with E-state index in [1.54, 1.807) is 6.07 Å². The van der Waals surface area contributed by atoms with Crippen LogP contribution in [0.4, 0.5) is 0 Å². The Kier molecular flexibility index (Phi) is 3.47. The van der Waals surface area contributed by atoms with Crippen LogP contribution >= 0.6 is 0 Å². The van der Waals surface area contributed by atoms with Crippen LogP contribution in [-0.2, 0) is 6.54 Å². The van der Waals surface area contributed by atoms with E-state index in [-0.39, 0.29) is 5.56 Å². The minimum Gasteiger partial charge on any atom is -0.285 e. The summed E-state index contributed by atoms with van der Waals surface area (Å²) < 4.78 is 1.94. The van der Waals surface area contributed by atoms with Crippen molar-refractivity contribution in [3.8, 4) is 11.3 Å². The second kappa shape index (κ2) is 5.04. The molecule has 0 aliphatic heterocycles. The summed E-state index contributed by atoms with van der Waals surface area (Å²) in [5.74, 6) is 0. The number of hydrogen-bond acceptors (Lipinski definition) is 1. The Hall–Kier alpha value is -1.77. The Labute approximate surface area is 101 Å². The largest absolute Gasteiger partial charge is 0.285 e. The molecule has 0 bridgehead atoms. The van der Waals surface area contributed by atoms with Gasteiger partial charge in [0.1, 0.15) is 0 Å². The second-order valence-electron chi connectivity index (χ2n) is 4.38. The average molecular weight is 230 g/mol. The van der Waals surface area contributed by atoms with E-state index < -0.39 is 0 Å². The van der Waals surface area contributed by atoms with Gasteiger partial charge in [0.15, 0.2) is 0 Å². The van der Waals surface area contributed by atoms with E-state index in [0.717, 1.165) is 30.6 Å². The number of hydrogen-bond donors (Lipinski definition) is 1. The summed E-state index contributed by atoms with van der Waals surface area (Å²) in [4.78, 5) is 11.4. The lowest BCUT2D eigenvalue weighted by atomic mass is 10.1. The molecule has 0 amide bonds. The van der Waals surface area contributed by atoms with Crippen molar-refractivity contribution in [3.63, 3.8) is 0 Å². The van der Waals surface area contributed by atoms with Crippen LogP contribution in [0, 0.1) is 6.92 Å². The maximum Gasteiger partial charge on any atom is 0.264 e. The molecule has 0 spiro atoms. The summed E-state index contributed by atoms with van der Waals surface area (Å²) in [5, 5.41) is 2.85. The molecule has 0 aliphatic rings. The Morgan fingerprint density at radius 1 is 1.24 bits per heavy atom. The summed E-state index contributed by atoms with van der Waals surface area (Å²) in [6.07, 6.45) is 2.19. The van der Waals surface area contributed by atoms with Crippen LogP contribution in [0.2, 0.25) is 0 Å². The molecule has 3 heteroatoms. The lowest BCUT2D eigenvalue weighted by Crippen LogP contribution is -2.06. The third-order valence-electron chi connectivity index (χ3n) is 2.89. The molecule has 1 heterocycles. The molecular weight excluding hydrogens is 212 g/mol. The molecule has 0 fully saturated rings. The second-order valence-corrected chi connectivity index (χ2v) is 4.38. The van der Waals surface area contributed by atoms with Gasteiger partial charge in [-0.25, -0.2) is 0 Å². The van der Waals surface area contributed by atoms with E-state index in [9.17, 15) is 4.79 Å². The van der Waals surface area contributed by atoms with Gasteiger partial charge in [-0.2, -0.15) is 0 Å². The molecule has 2 rings (SSSR count). The van der Waals surface area contributed by atoms with E-state index in [1.807, 2.05) is 4.68 Å². The van der Waals surface area contributed by atoms with Gasteiger partial charge in [-0.15, -0.1) is 0 Å². The molecule has 3 nitrogen and oxygen atoms in total. The fraction of sp³-hybridized carbons (Fsp3) is 0.357. The molecular formula is C14H18N2O. The van der Waals surface area contributed by atoms with E-state index in [0.29, 0.717) is 0 Å². The van der Waals surface area contributed by atoms with E-state index in [1.165, 1.54) is 5.56 Å². The Morgan fingerprint density at radius 2 is 1.94 bits per heavy atom. The number of H-pyrrole nitrogens is 1. The van der Waals surface area contributed by atoms with Crippen molar-refractivity contribution in [1.29, 1.82) is 0 Å². The number of nitrogens with one attached hydrogen (secondary N) is 1. The smallest absolute Gasteiger partial charge is 0.264 e. The minimum atomic E-state index is -0.0309. The number of aromatic nitrogens is 2. The topological polar surface area (TPSA) is 37.8 Å². The van der Waals surface area contributed by atoms with Crippen molar-refractivity contribution in [2.75, 3.05) is 0 Å². The van der Waals surface area contributed by atoms with E-state index >= 15 is 0 Å². The van der Waals surface area contributed by atoms with Crippen LogP contribution in [0.3, 0.4) is 0 Å². The Bertz CT molecular complexity index is 534. The van der Waals surface area contributed by atoms with Gasteiger partial charge in [0, 0.05) is 12.6 Å². The zero-order chi connectivity index (χ0) is 12.3. The lowest BCUT2D eigenvalue weighted by molar-refractivity contribution is 0.573. The van der Waals surface area contributed by atoms with Crippen molar-refractivity contribution in [3.05, 3.63) is 46.2 Å². The molecule has 1 aromatic carbocycles. The fourth-order valence-electron chi connectivity index (χ4n) is 1.88. The van der Waals surface area contributed by atoms with Crippen LogP contribution in [0.1, 0.15) is 25.3 Å². The van der Waals surface area contributed by atoms with E-state index in [4.69, 9.17) is 0 Å². The third kappa shape index (κ3) is 2.67. The SMILES string of the molecule is CCCCn1[nH]c(=O)cc1-c1ccc(C)cc1. The third-order valence-corrected chi connectivity index (χ3v) is 2.89. The van der Waals surface area contributed by atoms with Gasteiger partial charge < -0.3 is 0 Å². The summed E-state index contributed by atoms with van der Waals surface area (Å²) in [5.41, 5.74) is 3.26. The molecule has 0 aliphatic carbocycles. The minimum absolute atomic E-state index is 0.0309. The first kappa shape index (κ1) is 11.7. The van der Waals surface area contributed by atoms with Crippen molar-refractivity contribution < 1.29 is 0 Å². The first-order chi connectivity index (χ1) is 8.20. The van der Waals surface area contributed by atoms with Crippen LogP contribution in [0.25, 0.3) is 11.3 Å². The van der Waals surface area contributed by atoms with Gasteiger partial charge in [-0.1, -0.05) is 43.2 Å². The highest BCUT2D eigenvalue weighted by Crippen LogP contribution is 2.18. The molecule has 90 valence electrons. The lowest BCUT2D eigenvalue weighted by Gasteiger charge is -2.07. The predicted octanol–water partition coefficient (Wildman–Crippen LogP) is 2.95. The van der Waals surface area contributed by atoms with Crippen molar-refractivity contribution in [2.45, 2.75) is 33.2 Å². The molecule has 0 radical (unpaired) electrons. The van der Waals surface area contributed by atoms with Crippen molar-refractivity contribution in [1.82, 2.24) is 9.78 Å². The number of unbranched alkanes of at least 4 members (excludes halogenated alkanes) is 1. The first-order valence-corrected chi connectivity index (χ1v) is 6.07. The highest BCUT2D eigenvalue weighted by Gasteiger charge is 2.06. The quantitative estimate of drug-likeness (QED) is 0.861. The van der Waals surface area contributed by atoms with Crippen LogP contribution in [-0.4, -0.2) is 9.78 Å². The number of aryl methyl sites for hydroxylation is 2. The maximum atomic E-state index is 11.4. The molecule has 1 aromatic heterocycles. The van der Waals surface area contributed by atoms with E-state index in [2.05, 4.69) is 43.2 Å². The number of aromatic amines is 1. The average Bonchev–Trinajstić information content (AvgIpc) is 2.69. The molecule has 0 atom stereocenters. The van der Waals surface area contributed by atoms with Crippen LogP contribution in [0.5, 0.6) is 0 Å². The molecule has 1 N–H and O–H groups in total. The number of benzene rings is 1. The summed E-state index contributed by atoms with van der Waals surface area (Å²) in [7, 11) is 0. The Balaban J connectivity index is 2.36. The highest BCUT2D eigenvalue weighted by atomic mass is 16.1. The fourth-order valence-corrected chi connectivity index (χ4v) is 1.88.